The molecule has 1 aliphatic rings. The van der Waals surface area contributed by atoms with E-state index < -0.39 is 158 Å². The molecule has 9 amide bonds. The first kappa shape index (κ1) is 69.2. The number of phenolic OH excluding ortho intramolecular Hbond substituents is 1. The zero-order chi connectivity index (χ0) is 60.9. The minimum atomic E-state index is -2.03. The summed E-state index contributed by atoms with van der Waals surface area (Å²) in [5.74, 6) is -11.9. The van der Waals surface area contributed by atoms with Crippen molar-refractivity contribution in [2.24, 2.45) is 11.7 Å². The molecule has 0 aliphatic carbocycles. The maximum Gasteiger partial charge on any atom is 0.328 e. The van der Waals surface area contributed by atoms with Gasteiger partial charge in [0, 0.05) is 25.1 Å². The molecule has 2 unspecified atom stereocenters. The van der Waals surface area contributed by atoms with Gasteiger partial charge >= 0.3 is 11.9 Å². The Bertz CT molecular complexity index is 2460. The smallest absolute Gasteiger partial charge is 0.328 e. The Morgan fingerprint density at radius 3 is 2.04 bits per heavy atom. The molecular formula is C52H76N10O18S2. The van der Waals surface area contributed by atoms with Crippen LogP contribution in [0.1, 0.15) is 51.2 Å². The van der Waals surface area contributed by atoms with Gasteiger partial charge in [0.05, 0.1) is 45.0 Å². The fraction of sp³-hybridized carbons (Fsp3) is 0.558. The average molecular weight is 1190 g/mol. The fourth-order valence-corrected chi connectivity index (χ4v) is 8.32. The average Bonchev–Trinajstić information content (AvgIpc) is 3.46. The zero-order valence-corrected chi connectivity index (χ0v) is 47.6. The minimum Gasteiger partial charge on any atom is -0.508 e. The van der Waals surface area contributed by atoms with Crippen molar-refractivity contribution in [1.29, 1.82) is 0 Å². The number of rotatable bonds is 30. The Morgan fingerprint density at radius 1 is 0.780 bits per heavy atom. The summed E-state index contributed by atoms with van der Waals surface area (Å²) in [6, 6.07) is -0.338. The van der Waals surface area contributed by atoms with Crippen LogP contribution in [0.3, 0.4) is 0 Å². The molecule has 454 valence electrons. The molecule has 82 heavy (non-hydrogen) atoms. The number of aliphatic hydroxyl groups excluding tert-OH is 2. The SMILES string of the molecule is CCC(C)[C@@H]1NC(=O)[C@H](Cc2ccccc2)NC(=O)[C@H](CC(=O)O)NC(=O)[C@@H](NC(=O)[C@@H](NC(=O)[C@H](CO)NC(=O)[C@H](Cc2ccc(O)cc2)NC(=O)COCCOCCNC(=O)[C@@H](N)CS)C(C)O)COC(=O)[C@H](CCSC)NC1=O. The summed E-state index contributed by atoms with van der Waals surface area (Å²) in [6.07, 6.45) is -1.20. The molecule has 30 heteroatoms. The van der Waals surface area contributed by atoms with E-state index in [9.17, 15) is 73.2 Å². The van der Waals surface area contributed by atoms with E-state index in [1.807, 2.05) is 0 Å². The van der Waals surface area contributed by atoms with Crippen molar-refractivity contribution in [1.82, 2.24) is 47.9 Å². The number of benzene rings is 2. The molecule has 0 aromatic heterocycles. The van der Waals surface area contributed by atoms with Crippen LogP contribution in [-0.2, 0) is 79.8 Å². The number of ether oxygens (including phenoxy) is 3. The van der Waals surface area contributed by atoms with E-state index in [0.29, 0.717) is 23.3 Å². The van der Waals surface area contributed by atoms with E-state index in [-0.39, 0.29) is 57.1 Å². The highest BCUT2D eigenvalue weighted by Crippen LogP contribution is 2.15. The normalized spacial score (nSPS) is 20.3. The van der Waals surface area contributed by atoms with Crippen LogP contribution in [0.5, 0.6) is 5.75 Å². The number of carbonyl (C=O) groups is 11. The van der Waals surface area contributed by atoms with Crippen LogP contribution < -0.4 is 53.6 Å². The fourth-order valence-electron chi connectivity index (χ4n) is 7.68. The van der Waals surface area contributed by atoms with Crippen molar-refractivity contribution in [2.45, 2.75) is 113 Å². The highest BCUT2D eigenvalue weighted by Gasteiger charge is 2.38. The predicted molar refractivity (Wildman–Crippen MR) is 298 cm³/mol. The second kappa shape index (κ2) is 36.4. The minimum absolute atomic E-state index is 0.0165. The lowest BCUT2D eigenvalue weighted by molar-refractivity contribution is -0.151. The van der Waals surface area contributed by atoms with Crippen molar-refractivity contribution in [3.05, 3.63) is 65.7 Å². The van der Waals surface area contributed by atoms with Gasteiger partial charge in [0.15, 0.2) is 0 Å². The number of nitrogens with two attached hydrogens (primary N) is 1. The van der Waals surface area contributed by atoms with Gasteiger partial charge in [0.1, 0.15) is 67.3 Å². The summed E-state index contributed by atoms with van der Waals surface area (Å²) >= 11 is 5.28. The van der Waals surface area contributed by atoms with Gasteiger partial charge in [-0.15, -0.1) is 0 Å². The number of hydrogen-bond acceptors (Lipinski definition) is 20. The molecule has 2 aromatic carbocycles. The van der Waals surface area contributed by atoms with E-state index in [4.69, 9.17) is 19.9 Å². The summed E-state index contributed by atoms with van der Waals surface area (Å²) in [6.45, 7) is 1.95. The topological polar surface area (TPSA) is 431 Å². The van der Waals surface area contributed by atoms with Gasteiger partial charge in [0.25, 0.3) is 0 Å². The number of amides is 9. The molecule has 1 heterocycles. The molecule has 3 rings (SSSR count). The molecule has 0 bridgehead atoms. The number of aromatic hydroxyl groups is 1. The standard InChI is InChI=1S/C52H76N10O18S2/c1-5-28(2)42-50(75)56-34(15-20-82-4)52(77)80-25-39(49(74)58-37(23-41(67)68)46(71)57-36(47(72)61-42)21-30-9-7-6-8-10-30)60-51(76)43(29(3)64)62-48(73)38(24-63)59-45(70)35(22-31-11-13-32(65)14-12-31)55-40(66)26-79-19-18-78-17-16-54-44(69)33(53)27-81/h6-14,28-29,33-39,42-43,63-65,81H,5,15-27,53H2,1-4H3,(H,54,69)(H,55,66)(H,56,75)(H,57,71)(H,58,74)(H,59,70)(H,60,76)(H,61,72)(H,62,73)(H,67,68)/t28?,29?,33-,34-,35-,36-,37-,38-,39-,42-,43-/m0/s1. The number of nitrogens with one attached hydrogen (secondary N) is 9. The zero-order valence-electron chi connectivity index (χ0n) is 45.9. The van der Waals surface area contributed by atoms with Crippen molar-refractivity contribution < 1.29 is 87.4 Å². The van der Waals surface area contributed by atoms with Gasteiger partial charge in [-0.3, -0.25) is 47.9 Å². The van der Waals surface area contributed by atoms with E-state index in [0.717, 1.165) is 6.92 Å². The summed E-state index contributed by atoms with van der Waals surface area (Å²) in [7, 11) is 0. The predicted octanol–water partition coefficient (Wildman–Crippen LogP) is -4.33. The maximum atomic E-state index is 14.2. The number of carboxylic acids is 1. The molecular weight excluding hydrogens is 1120 g/mol. The quantitative estimate of drug-likeness (QED) is 0.0200. The van der Waals surface area contributed by atoms with Crippen LogP contribution in [0.4, 0.5) is 0 Å². The first-order valence-electron chi connectivity index (χ1n) is 26.2. The molecule has 28 nitrogen and oxygen atoms in total. The Kier molecular flexibility index (Phi) is 30.7. The lowest BCUT2D eigenvalue weighted by atomic mass is 9.96. The lowest BCUT2D eigenvalue weighted by Crippen LogP contribution is -2.63. The second-order valence-corrected chi connectivity index (χ2v) is 20.4. The number of aliphatic carboxylic acids is 1. The Hall–Kier alpha value is -7.09. The Morgan fingerprint density at radius 2 is 1.41 bits per heavy atom. The summed E-state index contributed by atoms with van der Waals surface area (Å²) < 4.78 is 16.2. The number of cyclic esters (lactones) is 1. The number of carboxylic acid groups (broad SMARTS) is 1. The number of aliphatic hydroxyl groups is 2. The monoisotopic (exact) mass is 1190 g/mol. The number of carbonyl (C=O) groups excluding carboxylic acids is 10. The summed E-state index contributed by atoms with van der Waals surface area (Å²) in [4.78, 5) is 149. The number of phenols is 1. The van der Waals surface area contributed by atoms with Crippen LogP contribution in [0.15, 0.2) is 54.6 Å². The number of hydrogen-bond donors (Lipinski definition) is 15. The first-order chi connectivity index (χ1) is 39.0. The van der Waals surface area contributed by atoms with Crippen molar-refractivity contribution in [3.63, 3.8) is 0 Å². The number of thioether (sulfide) groups is 1. The third kappa shape index (κ3) is 24.2. The summed E-state index contributed by atoms with van der Waals surface area (Å²) in [5.41, 5.74) is 6.57. The van der Waals surface area contributed by atoms with Gasteiger partial charge < -0.3 is 88.2 Å². The van der Waals surface area contributed by atoms with E-state index >= 15 is 0 Å². The Labute approximate surface area is 483 Å². The van der Waals surface area contributed by atoms with Gasteiger partial charge in [-0.05, 0) is 54.5 Å². The largest absolute Gasteiger partial charge is 0.508 e. The highest BCUT2D eigenvalue weighted by molar-refractivity contribution is 7.98. The molecule has 11 atom stereocenters. The molecule has 2 aromatic rings. The van der Waals surface area contributed by atoms with Crippen molar-refractivity contribution in [2.75, 3.05) is 63.9 Å². The van der Waals surface area contributed by atoms with Gasteiger partial charge in [0.2, 0.25) is 53.2 Å². The van der Waals surface area contributed by atoms with Crippen molar-refractivity contribution >= 4 is 89.5 Å². The molecule has 1 saturated heterocycles. The third-order valence-electron chi connectivity index (χ3n) is 12.5. The molecule has 1 fully saturated rings. The second-order valence-electron chi connectivity index (χ2n) is 19.0. The molecule has 0 radical (unpaired) electrons. The first-order valence-corrected chi connectivity index (χ1v) is 28.2. The molecule has 0 saturated carbocycles. The van der Waals surface area contributed by atoms with E-state index in [2.05, 4.69) is 60.5 Å². The van der Waals surface area contributed by atoms with Crippen molar-refractivity contribution in [3.8, 4) is 5.75 Å². The van der Waals surface area contributed by atoms with Crippen LogP contribution in [0.2, 0.25) is 0 Å². The van der Waals surface area contributed by atoms with Gasteiger partial charge in [-0.1, -0.05) is 62.7 Å². The molecule has 15 N–H and O–H groups in total. The number of esters is 1. The van der Waals surface area contributed by atoms with Crippen LogP contribution in [0, 0.1) is 5.92 Å². The van der Waals surface area contributed by atoms with Crippen LogP contribution in [0.25, 0.3) is 0 Å². The van der Waals surface area contributed by atoms with Crippen LogP contribution >= 0.6 is 24.4 Å². The van der Waals surface area contributed by atoms with E-state index in [1.54, 1.807) is 50.4 Å². The summed E-state index contributed by atoms with van der Waals surface area (Å²) in [5, 5.41) is 62.7. The highest BCUT2D eigenvalue weighted by atomic mass is 32.2. The Balaban J connectivity index is 1.89. The lowest BCUT2D eigenvalue weighted by Gasteiger charge is -2.30. The maximum absolute atomic E-state index is 14.2. The molecule has 1 aliphatic heterocycles. The molecule has 0 spiro atoms. The van der Waals surface area contributed by atoms with E-state index in [1.165, 1.54) is 36.0 Å². The third-order valence-corrected chi connectivity index (χ3v) is 13.6. The van der Waals surface area contributed by atoms with Crippen LogP contribution in [-0.4, -0.2) is 210 Å². The van der Waals surface area contributed by atoms with Gasteiger partial charge in [-0.2, -0.15) is 24.4 Å². The number of thiol groups is 1. The van der Waals surface area contributed by atoms with Gasteiger partial charge in [-0.25, -0.2) is 4.79 Å².